The Labute approximate surface area is 182 Å². The van der Waals surface area contributed by atoms with E-state index in [2.05, 4.69) is 4.98 Å². The highest BCUT2D eigenvalue weighted by Crippen LogP contribution is 2.40. The Hall–Kier alpha value is -3.01. The van der Waals surface area contributed by atoms with Gasteiger partial charge in [-0.1, -0.05) is 36.4 Å². The molecule has 4 rings (SSSR count). The Kier molecular flexibility index (Phi) is 5.23. The summed E-state index contributed by atoms with van der Waals surface area (Å²) in [6.45, 7) is -0.196. The van der Waals surface area contributed by atoms with E-state index >= 15 is 4.39 Å². The van der Waals surface area contributed by atoms with Gasteiger partial charge in [0.1, 0.15) is 0 Å². The van der Waals surface area contributed by atoms with Crippen molar-refractivity contribution in [2.75, 3.05) is 6.26 Å². The molecule has 2 heterocycles. The van der Waals surface area contributed by atoms with Gasteiger partial charge in [0, 0.05) is 31.0 Å². The van der Waals surface area contributed by atoms with Gasteiger partial charge in [-0.15, -0.1) is 0 Å². The number of aromatic nitrogens is 1. The number of amides is 1. The molecule has 1 aliphatic heterocycles. The molecule has 10 heteroatoms. The average molecular weight is 466 g/mol. The number of alkyl halides is 4. The first-order valence-corrected chi connectivity index (χ1v) is 11.5. The Balaban J connectivity index is 1.72. The molecule has 0 fully saturated rings. The first-order chi connectivity index (χ1) is 14.9. The van der Waals surface area contributed by atoms with E-state index in [0.29, 0.717) is 23.0 Å². The topological polar surface area (TPSA) is 67.3 Å². The van der Waals surface area contributed by atoms with E-state index in [-0.39, 0.29) is 24.2 Å². The number of halogens is 4. The number of carbonyl (C=O) groups excluding carboxylic acids is 1. The zero-order valence-electron chi connectivity index (χ0n) is 16.9. The Morgan fingerprint density at radius 3 is 2.47 bits per heavy atom. The SMILES string of the molecule is CS(=O)(=O)C1(F)C=CC(c2ccccc2)=C(C(=O)N2Cc3cc(C(F)(F)F)cnc3C2)C1. The molecule has 5 nitrogen and oxygen atoms in total. The number of hydrogen-bond acceptors (Lipinski definition) is 4. The number of hydrogen-bond donors (Lipinski definition) is 0. The van der Waals surface area contributed by atoms with Crippen molar-refractivity contribution in [2.45, 2.75) is 30.7 Å². The molecule has 0 spiro atoms. The smallest absolute Gasteiger partial charge is 0.329 e. The van der Waals surface area contributed by atoms with Crippen LogP contribution in [0.4, 0.5) is 17.6 Å². The molecule has 2 aromatic rings. The summed E-state index contributed by atoms with van der Waals surface area (Å²) < 4.78 is 78.4. The molecule has 1 atom stereocenters. The molecule has 168 valence electrons. The summed E-state index contributed by atoms with van der Waals surface area (Å²) >= 11 is 0. The highest BCUT2D eigenvalue weighted by atomic mass is 32.2. The third kappa shape index (κ3) is 3.94. The number of carbonyl (C=O) groups is 1. The third-order valence-electron chi connectivity index (χ3n) is 5.58. The van der Waals surface area contributed by atoms with E-state index in [1.165, 1.54) is 11.0 Å². The fourth-order valence-electron chi connectivity index (χ4n) is 3.79. The minimum atomic E-state index is -4.57. The highest BCUT2D eigenvalue weighted by Gasteiger charge is 2.44. The maximum atomic E-state index is 15.3. The van der Waals surface area contributed by atoms with Crippen LogP contribution in [-0.4, -0.2) is 35.5 Å². The molecule has 0 saturated carbocycles. The van der Waals surface area contributed by atoms with Crippen LogP contribution in [0.1, 0.15) is 28.8 Å². The first kappa shape index (κ1) is 22.2. The van der Waals surface area contributed by atoms with E-state index in [1.54, 1.807) is 30.3 Å². The first-order valence-electron chi connectivity index (χ1n) is 9.60. The van der Waals surface area contributed by atoms with Crippen LogP contribution in [0.25, 0.3) is 5.57 Å². The zero-order valence-corrected chi connectivity index (χ0v) is 17.7. The van der Waals surface area contributed by atoms with Crippen molar-refractivity contribution in [3.63, 3.8) is 0 Å². The van der Waals surface area contributed by atoms with Crippen LogP contribution in [0.2, 0.25) is 0 Å². The van der Waals surface area contributed by atoms with Crippen molar-refractivity contribution < 1.29 is 30.8 Å². The van der Waals surface area contributed by atoms with Gasteiger partial charge < -0.3 is 4.90 Å². The van der Waals surface area contributed by atoms with Crippen molar-refractivity contribution in [1.29, 1.82) is 0 Å². The van der Waals surface area contributed by atoms with Crippen LogP contribution < -0.4 is 0 Å². The summed E-state index contributed by atoms with van der Waals surface area (Å²) in [5.41, 5.74) is 0.542. The molecule has 1 unspecified atom stereocenters. The largest absolute Gasteiger partial charge is 0.417 e. The molecule has 1 aromatic heterocycles. The van der Waals surface area contributed by atoms with Crippen molar-refractivity contribution >= 4 is 21.3 Å². The van der Waals surface area contributed by atoms with Gasteiger partial charge in [0.05, 0.1) is 17.8 Å². The van der Waals surface area contributed by atoms with Gasteiger partial charge in [0.2, 0.25) is 5.00 Å². The minimum Gasteiger partial charge on any atom is -0.329 e. The van der Waals surface area contributed by atoms with E-state index in [9.17, 15) is 26.4 Å². The molecule has 0 radical (unpaired) electrons. The number of sulfone groups is 1. The van der Waals surface area contributed by atoms with Crippen molar-refractivity contribution in [3.05, 3.63) is 82.7 Å². The number of benzene rings is 1. The average Bonchev–Trinajstić information content (AvgIpc) is 3.16. The zero-order chi connectivity index (χ0) is 23.3. The van der Waals surface area contributed by atoms with Crippen LogP contribution >= 0.6 is 0 Å². The second-order valence-electron chi connectivity index (χ2n) is 7.82. The van der Waals surface area contributed by atoms with Crippen LogP contribution in [0.5, 0.6) is 0 Å². The van der Waals surface area contributed by atoms with Crippen LogP contribution in [0.15, 0.2) is 60.3 Å². The molecule has 0 bridgehead atoms. The second kappa shape index (κ2) is 7.54. The lowest BCUT2D eigenvalue weighted by Crippen LogP contribution is -2.37. The van der Waals surface area contributed by atoms with Crippen molar-refractivity contribution in [2.24, 2.45) is 0 Å². The predicted octanol–water partition coefficient (Wildman–Crippen LogP) is 4.07. The minimum absolute atomic E-state index is 0.0558. The van der Waals surface area contributed by atoms with Crippen LogP contribution in [0.3, 0.4) is 0 Å². The van der Waals surface area contributed by atoms with Gasteiger partial charge in [-0.25, -0.2) is 12.8 Å². The number of pyridine rings is 1. The summed E-state index contributed by atoms with van der Waals surface area (Å²) in [4.78, 5) is 18.5. The normalized spacial score (nSPS) is 21.1. The molecular formula is C22H18F4N2O3S. The maximum absolute atomic E-state index is 15.3. The summed E-state index contributed by atoms with van der Waals surface area (Å²) in [7, 11) is -4.19. The van der Waals surface area contributed by atoms with Gasteiger partial charge in [0.25, 0.3) is 5.91 Å². The molecule has 0 N–H and O–H groups in total. The van der Waals surface area contributed by atoms with E-state index in [4.69, 9.17) is 0 Å². The lowest BCUT2D eigenvalue weighted by molar-refractivity contribution is -0.137. The molecule has 2 aliphatic rings. The lowest BCUT2D eigenvalue weighted by Gasteiger charge is -2.28. The standard InChI is InChI=1S/C22H18F4N2O3S/c1-32(30,31)21(23)8-7-17(14-5-3-2-4-6-14)18(10-21)20(29)28-12-15-9-16(22(24,25)26)11-27-19(15)13-28/h2-9,11H,10,12-13H2,1H3. The Bertz CT molecular complexity index is 1250. The Morgan fingerprint density at radius 1 is 1.16 bits per heavy atom. The quantitative estimate of drug-likeness (QED) is 0.640. The van der Waals surface area contributed by atoms with Gasteiger partial charge >= 0.3 is 6.18 Å². The van der Waals surface area contributed by atoms with Crippen molar-refractivity contribution in [1.82, 2.24) is 9.88 Å². The summed E-state index contributed by atoms with van der Waals surface area (Å²) in [5, 5.41) is -2.76. The van der Waals surface area contributed by atoms with Gasteiger partial charge in [-0.3, -0.25) is 9.78 Å². The fourth-order valence-corrected chi connectivity index (χ4v) is 4.51. The molecule has 1 aromatic carbocycles. The fraction of sp³-hybridized carbons (Fsp3) is 0.273. The third-order valence-corrected chi connectivity index (χ3v) is 7.09. The lowest BCUT2D eigenvalue weighted by atomic mass is 9.90. The van der Waals surface area contributed by atoms with Crippen LogP contribution in [0, 0.1) is 0 Å². The van der Waals surface area contributed by atoms with Crippen molar-refractivity contribution in [3.8, 4) is 0 Å². The van der Waals surface area contributed by atoms with Gasteiger partial charge in [-0.2, -0.15) is 13.2 Å². The molecule has 0 saturated heterocycles. The van der Waals surface area contributed by atoms with E-state index < -0.39 is 38.9 Å². The highest BCUT2D eigenvalue weighted by molar-refractivity contribution is 7.92. The summed E-state index contributed by atoms with van der Waals surface area (Å²) in [6, 6.07) is 9.55. The number of nitrogens with zero attached hydrogens (tertiary/aromatic N) is 2. The van der Waals surface area contributed by atoms with Gasteiger partial charge in [0.15, 0.2) is 9.84 Å². The molecular weight excluding hydrogens is 448 g/mol. The monoisotopic (exact) mass is 466 g/mol. The molecule has 1 aliphatic carbocycles. The number of fused-ring (bicyclic) bond motifs is 1. The Morgan fingerprint density at radius 2 is 1.84 bits per heavy atom. The van der Waals surface area contributed by atoms with Gasteiger partial charge in [-0.05, 0) is 28.8 Å². The maximum Gasteiger partial charge on any atom is 0.417 e. The summed E-state index contributed by atoms with van der Waals surface area (Å²) in [5.74, 6) is -0.648. The van der Waals surface area contributed by atoms with E-state index in [1.807, 2.05) is 0 Å². The second-order valence-corrected chi connectivity index (χ2v) is 10.0. The molecule has 1 amide bonds. The number of allylic oxidation sites excluding steroid dienone is 2. The summed E-state index contributed by atoms with van der Waals surface area (Å²) in [6.07, 6.45) is -1.60. The van der Waals surface area contributed by atoms with Crippen LogP contribution in [-0.2, 0) is 33.9 Å². The molecule has 32 heavy (non-hydrogen) atoms. The predicted molar refractivity (Wildman–Crippen MR) is 109 cm³/mol. The number of rotatable bonds is 3. The van der Waals surface area contributed by atoms with E-state index in [0.717, 1.165) is 18.4 Å².